The summed E-state index contributed by atoms with van der Waals surface area (Å²) in [5.74, 6) is -0.0148. The summed E-state index contributed by atoms with van der Waals surface area (Å²) in [6, 6.07) is 25.3. The van der Waals surface area contributed by atoms with Gasteiger partial charge in [0.2, 0.25) is 6.41 Å². The minimum atomic E-state index is -0.0148. The van der Waals surface area contributed by atoms with Gasteiger partial charge in [0.25, 0.3) is 5.91 Å². The molecule has 1 heterocycles. The Hall–Kier alpha value is -3.93. The van der Waals surface area contributed by atoms with Crippen molar-refractivity contribution >= 4 is 28.9 Å². The van der Waals surface area contributed by atoms with Gasteiger partial charge in [0, 0.05) is 24.0 Å². The summed E-state index contributed by atoms with van der Waals surface area (Å²) in [7, 11) is 1.87. The molecule has 158 valence electrons. The van der Waals surface area contributed by atoms with E-state index < -0.39 is 0 Å². The van der Waals surface area contributed by atoms with E-state index in [0.29, 0.717) is 12.0 Å². The second-order valence-corrected chi connectivity index (χ2v) is 7.20. The van der Waals surface area contributed by atoms with Gasteiger partial charge in [-0.3, -0.25) is 14.3 Å². The molecule has 0 saturated heterocycles. The fourth-order valence-corrected chi connectivity index (χ4v) is 3.28. The van der Waals surface area contributed by atoms with Crippen LogP contribution in [0.1, 0.15) is 22.8 Å². The molecule has 6 heteroatoms. The van der Waals surface area contributed by atoms with Crippen LogP contribution in [-0.2, 0) is 18.3 Å². The zero-order valence-corrected chi connectivity index (χ0v) is 17.7. The Morgan fingerprint density at radius 1 is 1.00 bits per heavy atom. The summed E-state index contributed by atoms with van der Waals surface area (Å²) >= 11 is 0. The molecule has 0 saturated carbocycles. The number of nitrogens with one attached hydrogen (secondary N) is 2. The van der Waals surface area contributed by atoms with Crippen LogP contribution in [0.3, 0.4) is 0 Å². The Kier molecular flexibility index (Phi) is 7.54. The number of aromatic nitrogens is 2. The first-order chi connectivity index (χ1) is 15.1. The molecule has 4 rings (SSSR count). The van der Waals surface area contributed by atoms with Crippen LogP contribution < -0.4 is 10.6 Å². The number of amides is 2. The Morgan fingerprint density at radius 3 is 2.35 bits per heavy atom. The molecule has 2 N–H and O–H groups in total. The van der Waals surface area contributed by atoms with Crippen molar-refractivity contribution in [3.63, 3.8) is 0 Å². The van der Waals surface area contributed by atoms with Gasteiger partial charge in [-0.25, -0.2) is 0 Å². The fourth-order valence-electron chi connectivity index (χ4n) is 3.28. The number of fused-ring (bicyclic) bond motifs is 1. The Balaban J connectivity index is 0.000000185. The Labute approximate surface area is 181 Å². The highest BCUT2D eigenvalue weighted by Crippen LogP contribution is 2.21. The van der Waals surface area contributed by atoms with Crippen LogP contribution >= 0.6 is 0 Å². The average molecular weight is 415 g/mol. The molecule has 2 amide bonds. The SMILES string of the molecule is CC(Cc1ccccc1)NC(=O)c1ccccc1.Cn1ncc2c(NC=O)cccc21. The zero-order valence-electron chi connectivity index (χ0n) is 17.7. The molecule has 31 heavy (non-hydrogen) atoms. The third-order valence-corrected chi connectivity index (χ3v) is 4.80. The van der Waals surface area contributed by atoms with Gasteiger partial charge in [-0.2, -0.15) is 5.10 Å². The summed E-state index contributed by atoms with van der Waals surface area (Å²) in [5.41, 5.74) is 3.74. The number of benzene rings is 3. The first-order valence-corrected chi connectivity index (χ1v) is 10.1. The molecule has 4 aromatic rings. The van der Waals surface area contributed by atoms with E-state index in [0.717, 1.165) is 23.0 Å². The van der Waals surface area contributed by atoms with Gasteiger partial charge in [0.05, 0.1) is 17.4 Å². The van der Waals surface area contributed by atoms with Crippen molar-refractivity contribution in [1.82, 2.24) is 15.1 Å². The first-order valence-electron chi connectivity index (χ1n) is 10.1. The summed E-state index contributed by atoms with van der Waals surface area (Å²) in [6.07, 6.45) is 3.25. The molecule has 0 radical (unpaired) electrons. The van der Waals surface area contributed by atoms with E-state index in [1.165, 1.54) is 5.56 Å². The second kappa shape index (κ2) is 10.7. The zero-order chi connectivity index (χ0) is 22.1. The van der Waals surface area contributed by atoms with Crippen molar-refractivity contribution < 1.29 is 9.59 Å². The molecule has 1 aromatic heterocycles. The van der Waals surface area contributed by atoms with Crippen molar-refractivity contribution in [2.75, 3.05) is 5.32 Å². The van der Waals surface area contributed by atoms with Crippen LogP contribution in [0.15, 0.2) is 85.1 Å². The smallest absolute Gasteiger partial charge is 0.251 e. The van der Waals surface area contributed by atoms with Crippen LogP contribution in [0.25, 0.3) is 10.9 Å². The van der Waals surface area contributed by atoms with Crippen molar-refractivity contribution in [2.24, 2.45) is 7.05 Å². The van der Waals surface area contributed by atoms with Gasteiger partial charge in [-0.1, -0.05) is 54.6 Å². The van der Waals surface area contributed by atoms with Crippen molar-refractivity contribution in [3.05, 3.63) is 96.2 Å². The third kappa shape index (κ3) is 6.02. The molecule has 1 unspecified atom stereocenters. The molecule has 0 aliphatic rings. The Morgan fingerprint density at radius 2 is 1.68 bits per heavy atom. The number of nitrogens with zero attached hydrogens (tertiary/aromatic N) is 2. The largest absolute Gasteiger partial charge is 0.349 e. The number of hydrogen-bond donors (Lipinski definition) is 2. The molecule has 0 spiro atoms. The normalized spacial score (nSPS) is 11.2. The number of aryl methyl sites for hydroxylation is 1. The monoisotopic (exact) mass is 414 g/mol. The quantitative estimate of drug-likeness (QED) is 0.465. The summed E-state index contributed by atoms with van der Waals surface area (Å²) in [5, 5.41) is 10.7. The van der Waals surface area contributed by atoms with Gasteiger partial charge in [-0.15, -0.1) is 0 Å². The maximum absolute atomic E-state index is 11.9. The van der Waals surface area contributed by atoms with Crippen LogP contribution in [0, 0.1) is 0 Å². The molecule has 3 aromatic carbocycles. The molecule has 1 atom stereocenters. The minimum Gasteiger partial charge on any atom is -0.349 e. The van der Waals surface area contributed by atoms with Gasteiger partial charge < -0.3 is 10.6 Å². The molecule has 6 nitrogen and oxygen atoms in total. The van der Waals surface area contributed by atoms with E-state index in [-0.39, 0.29) is 11.9 Å². The number of carbonyl (C=O) groups excluding carboxylic acids is 2. The maximum atomic E-state index is 11.9. The highest BCUT2D eigenvalue weighted by Gasteiger charge is 2.09. The van der Waals surface area contributed by atoms with Crippen molar-refractivity contribution in [2.45, 2.75) is 19.4 Å². The number of hydrogen-bond acceptors (Lipinski definition) is 3. The van der Waals surface area contributed by atoms with E-state index in [9.17, 15) is 9.59 Å². The Bertz CT molecular complexity index is 1120. The predicted molar refractivity (Wildman–Crippen MR) is 124 cm³/mol. The summed E-state index contributed by atoms with van der Waals surface area (Å²) in [4.78, 5) is 22.2. The second-order valence-electron chi connectivity index (χ2n) is 7.20. The van der Waals surface area contributed by atoms with Crippen LogP contribution in [-0.4, -0.2) is 28.1 Å². The number of anilines is 1. The average Bonchev–Trinajstić information content (AvgIpc) is 3.17. The van der Waals surface area contributed by atoms with Crippen molar-refractivity contribution in [3.8, 4) is 0 Å². The minimum absolute atomic E-state index is 0.0148. The topological polar surface area (TPSA) is 76.0 Å². The van der Waals surface area contributed by atoms with E-state index in [2.05, 4.69) is 27.9 Å². The van der Waals surface area contributed by atoms with Crippen LogP contribution in [0.2, 0.25) is 0 Å². The van der Waals surface area contributed by atoms with Gasteiger partial charge in [-0.05, 0) is 43.2 Å². The highest BCUT2D eigenvalue weighted by molar-refractivity contribution is 5.95. The lowest BCUT2D eigenvalue weighted by Gasteiger charge is -2.14. The standard InChI is InChI=1S/C16H17NO.C9H9N3O/c1-13(12-14-8-4-2-5-9-14)17-16(18)15-10-6-3-7-11-15;1-12-9-4-2-3-8(10-6-13)7(9)5-11-12/h2-11,13H,12H2,1H3,(H,17,18);2-6H,1H3,(H,10,13). The lowest BCUT2D eigenvalue weighted by molar-refractivity contribution is -0.105. The molecule has 0 aliphatic carbocycles. The summed E-state index contributed by atoms with van der Waals surface area (Å²) < 4.78 is 1.77. The predicted octanol–water partition coefficient (Wildman–Crippen LogP) is 4.19. The maximum Gasteiger partial charge on any atom is 0.251 e. The van der Waals surface area contributed by atoms with Gasteiger partial charge in [0.15, 0.2) is 0 Å². The lowest BCUT2D eigenvalue weighted by atomic mass is 10.1. The highest BCUT2D eigenvalue weighted by atomic mass is 16.1. The number of carbonyl (C=O) groups is 2. The van der Waals surface area contributed by atoms with E-state index in [1.807, 2.05) is 80.7 Å². The number of rotatable bonds is 6. The van der Waals surface area contributed by atoms with E-state index in [4.69, 9.17) is 0 Å². The summed E-state index contributed by atoms with van der Waals surface area (Å²) in [6.45, 7) is 2.02. The molecule has 0 bridgehead atoms. The molecular formula is C25H26N4O2. The fraction of sp³-hybridized carbons (Fsp3) is 0.160. The lowest BCUT2D eigenvalue weighted by Crippen LogP contribution is -2.34. The van der Waals surface area contributed by atoms with Crippen LogP contribution in [0.4, 0.5) is 5.69 Å². The van der Waals surface area contributed by atoms with Crippen LogP contribution in [0.5, 0.6) is 0 Å². The van der Waals surface area contributed by atoms with E-state index in [1.54, 1.807) is 10.9 Å². The van der Waals surface area contributed by atoms with E-state index >= 15 is 0 Å². The van der Waals surface area contributed by atoms with Crippen molar-refractivity contribution in [1.29, 1.82) is 0 Å². The third-order valence-electron chi connectivity index (χ3n) is 4.80. The van der Waals surface area contributed by atoms with Gasteiger partial charge >= 0.3 is 0 Å². The van der Waals surface area contributed by atoms with Gasteiger partial charge in [0.1, 0.15) is 0 Å². The first kappa shape index (κ1) is 21.8. The molecular weight excluding hydrogens is 388 g/mol. The molecule has 0 aliphatic heterocycles. The molecule has 0 fully saturated rings.